The molecule has 1 aliphatic rings. The number of thioether (sulfide) groups is 1. The number of nitrogens with one attached hydrogen (secondary N) is 2. The van der Waals surface area contributed by atoms with Crippen molar-refractivity contribution in [3.63, 3.8) is 0 Å². The molecule has 24 heavy (non-hydrogen) atoms. The zero-order valence-corrected chi connectivity index (χ0v) is 15.2. The minimum Gasteiger partial charge on any atom is -0.356 e. The number of amides is 1. The average Bonchev–Trinajstić information content (AvgIpc) is 3.12. The zero-order chi connectivity index (χ0) is 16.9. The fourth-order valence-electron chi connectivity index (χ4n) is 2.87. The molecular weight excluding hydrogens is 344 g/mol. The first-order valence-corrected chi connectivity index (χ1v) is 10.2. The van der Waals surface area contributed by atoms with Crippen molar-refractivity contribution in [1.82, 2.24) is 15.3 Å². The van der Waals surface area contributed by atoms with Gasteiger partial charge in [0, 0.05) is 23.6 Å². The summed E-state index contributed by atoms with van der Waals surface area (Å²) >= 11 is 3.26. The minimum absolute atomic E-state index is 0.0190. The zero-order valence-electron chi connectivity index (χ0n) is 13.5. The van der Waals surface area contributed by atoms with Gasteiger partial charge in [0.15, 0.2) is 0 Å². The van der Waals surface area contributed by atoms with Gasteiger partial charge in [0.2, 0.25) is 5.91 Å². The molecule has 0 saturated heterocycles. The summed E-state index contributed by atoms with van der Waals surface area (Å²) in [5.41, 5.74) is 6.57. The highest BCUT2D eigenvalue weighted by Crippen LogP contribution is 2.34. The SMILES string of the molecule is NCCCNC(=O)CCSCc1nc2sc3c(c2c(=O)[nH]1)CCC3. The monoisotopic (exact) mass is 366 g/mol. The first-order valence-electron chi connectivity index (χ1n) is 8.27. The molecule has 0 aliphatic heterocycles. The first-order chi connectivity index (χ1) is 11.7. The Balaban J connectivity index is 1.53. The van der Waals surface area contributed by atoms with Crippen molar-refractivity contribution in [2.24, 2.45) is 5.73 Å². The molecule has 0 radical (unpaired) electrons. The Bertz CT molecular complexity index is 784. The number of hydrogen-bond acceptors (Lipinski definition) is 6. The van der Waals surface area contributed by atoms with Crippen LogP contribution in [0.1, 0.15) is 35.5 Å². The Morgan fingerprint density at radius 1 is 1.42 bits per heavy atom. The highest BCUT2D eigenvalue weighted by atomic mass is 32.2. The Kier molecular flexibility index (Phi) is 5.91. The number of thiophene rings is 1. The fourth-order valence-corrected chi connectivity index (χ4v) is 4.95. The van der Waals surface area contributed by atoms with Crippen LogP contribution in [0.4, 0.5) is 0 Å². The number of nitrogens with zero attached hydrogens (tertiary/aromatic N) is 1. The van der Waals surface area contributed by atoms with Crippen molar-refractivity contribution in [2.45, 2.75) is 37.9 Å². The largest absolute Gasteiger partial charge is 0.356 e. The summed E-state index contributed by atoms with van der Waals surface area (Å²) < 4.78 is 0. The van der Waals surface area contributed by atoms with E-state index in [1.807, 2.05) is 0 Å². The lowest BCUT2D eigenvalue weighted by molar-refractivity contribution is -0.120. The van der Waals surface area contributed by atoms with Crippen LogP contribution in [-0.4, -0.2) is 34.7 Å². The van der Waals surface area contributed by atoms with Gasteiger partial charge in [-0.05, 0) is 37.8 Å². The predicted octanol–water partition coefficient (Wildman–Crippen LogP) is 1.56. The molecule has 0 unspecified atom stereocenters. The molecule has 1 amide bonds. The van der Waals surface area contributed by atoms with E-state index in [2.05, 4.69) is 15.3 Å². The predicted molar refractivity (Wildman–Crippen MR) is 99.7 cm³/mol. The van der Waals surface area contributed by atoms with E-state index in [0.29, 0.717) is 36.8 Å². The van der Waals surface area contributed by atoms with E-state index >= 15 is 0 Å². The van der Waals surface area contributed by atoms with E-state index in [0.717, 1.165) is 35.9 Å². The Hall–Kier alpha value is -1.38. The summed E-state index contributed by atoms with van der Waals surface area (Å²) in [6.45, 7) is 1.22. The number of aryl methyl sites for hydroxylation is 2. The third-order valence-corrected chi connectivity index (χ3v) is 6.20. The topological polar surface area (TPSA) is 101 Å². The van der Waals surface area contributed by atoms with Gasteiger partial charge in [0.25, 0.3) is 5.56 Å². The second-order valence-corrected chi connectivity index (χ2v) is 8.03. The van der Waals surface area contributed by atoms with Crippen LogP contribution in [0.2, 0.25) is 0 Å². The average molecular weight is 367 g/mol. The van der Waals surface area contributed by atoms with Gasteiger partial charge in [0.05, 0.1) is 11.1 Å². The molecule has 4 N–H and O–H groups in total. The summed E-state index contributed by atoms with van der Waals surface area (Å²) in [7, 11) is 0. The lowest BCUT2D eigenvalue weighted by Crippen LogP contribution is -2.26. The third kappa shape index (κ3) is 3.99. The smallest absolute Gasteiger partial charge is 0.259 e. The summed E-state index contributed by atoms with van der Waals surface area (Å²) in [4.78, 5) is 33.6. The highest BCUT2D eigenvalue weighted by molar-refractivity contribution is 7.98. The van der Waals surface area contributed by atoms with Crippen LogP contribution in [-0.2, 0) is 23.4 Å². The van der Waals surface area contributed by atoms with Gasteiger partial charge in [-0.15, -0.1) is 11.3 Å². The number of hydrogen-bond donors (Lipinski definition) is 3. The van der Waals surface area contributed by atoms with E-state index in [1.165, 1.54) is 10.4 Å². The van der Waals surface area contributed by atoms with Crippen LogP contribution >= 0.6 is 23.1 Å². The third-order valence-electron chi connectivity index (χ3n) is 4.04. The lowest BCUT2D eigenvalue weighted by atomic mass is 10.2. The lowest BCUT2D eigenvalue weighted by Gasteiger charge is -2.04. The van der Waals surface area contributed by atoms with Crippen molar-refractivity contribution >= 4 is 39.2 Å². The summed E-state index contributed by atoms with van der Waals surface area (Å²) in [6, 6.07) is 0. The fraction of sp³-hybridized carbons (Fsp3) is 0.562. The number of carbonyl (C=O) groups is 1. The van der Waals surface area contributed by atoms with Gasteiger partial charge >= 0.3 is 0 Å². The maximum atomic E-state index is 12.3. The van der Waals surface area contributed by atoms with E-state index in [1.54, 1.807) is 23.1 Å². The van der Waals surface area contributed by atoms with Crippen molar-refractivity contribution in [1.29, 1.82) is 0 Å². The highest BCUT2D eigenvalue weighted by Gasteiger charge is 2.20. The molecule has 8 heteroatoms. The molecule has 6 nitrogen and oxygen atoms in total. The van der Waals surface area contributed by atoms with E-state index in [9.17, 15) is 9.59 Å². The normalized spacial score (nSPS) is 13.4. The van der Waals surface area contributed by atoms with E-state index in [4.69, 9.17) is 5.73 Å². The van der Waals surface area contributed by atoms with Gasteiger partial charge in [-0.25, -0.2) is 4.98 Å². The second kappa shape index (κ2) is 8.13. The number of carbonyl (C=O) groups excluding carboxylic acids is 1. The second-order valence-electron chi connectivity index (χ2n) is 5.84. The molecule has 0 saturated carbocycles. The Labute approximate surface area is 148 Å². The molecule has 0 spiro atoms. The molecule has 0 atom stereocenters. The number of aromatic amines is 1. The molecule has 2 aromatic heterocycles. The number of nitrogens with two attached hydrogens (primary N) is 1. The van der Waals surface area contributed by atoms with Crippen molar-refractivity contribution in [2.75, 3.05) is 18.8 Å². The van der Waals surface area contributed by atoms with Gasteiger partial charge in [-0.3, -0.25) is 9.59 Å². The minimum atomic E-state index is -0.0190. The number of aromatic nitrogens is 2. The summed E-state index contributed by atoms with van der Waals surface area (Å²) in [5.74, 6) is 2.06. The van der Waals surface area contributed by atoms with Crippen LogP contribution in [0.15, 0.2) is 4.79 Å². The standard InChI is InChI=1S/C16H22N4O2S2/c17-6-2-7-18-13(21)5-8-23-9-12-19-15(22)14-10-3-1-4-11(10)24-16(14)20-12/h1-9,17H2,(H,18,21)(H,19,20,22). The van der Waals surface area contributed by atoms with Crippen molar-refractivity contribution in [3.05, 3.63) is 26.6 Å². The summed E-state index contributed by atoms with van der Waals surface area (Å²) in [5, 5.41) is 3.63. The molecule has 0 bridgehead atoms. The molecule has 0 fully saturated rings. The van der Waals surface area contributed by atoms with Crippen molar-refractivity contribution < 1.29 is 4.79 Å². The van der Waals surface area contributed by atoms with Crippen LogP contribution in [0.5, 0.6) is 0 Å². The maximum absolute atomic E-state index is 12.3. The first kappa shape index (κ1) is 17.4. The molecule has 2 heterocycles. The van der Waals surface area contributed by atoms with E-state index < -0.39 is 0 Å². The molecule has 1 aliphatic carbocycles. The Morgan fingerprint density at radius 3 is 3.12 bits per heavy atom. The van der Waals surface area contributed by atoms with Crippen LogP contribution in [0.25, 0.3) is 10.2 Å². The molecule has 130 valence electrons. The quantitative estimate of drug-likeness (QED) is 0.616. The molecular formula is C16H22N4O2S2. The van der Waals surface area contributed by atoms with Crippen LogP contribution < -0.4 is 16.6 Å². The van der Waals surface area contributed by atoms with E-state index in [-0.39, 0.29) is 11.5 Å². The molecule has 0 aromatic carbocycles. The molecule has 2 aromatic rings. The van der Waals surface area contributed by atoms with Gasteiger partial charge in [0.1, 0.15) is 10.7 Å². The van der Waals surface area contributed by atoms with Crippen LogP contribution in [0, 0.1) is 0 Å². The van der Waals surface area contributed by atoms with Crippen molar-refractivity contribution in [3.8, 4) is 0 Å². The van der Waals surface area contributed by atoms with Crippen LogP contribution in [0.3, 0.4) is 0 Å². The van der Waals surface area contributed by atoms with Gasteiger partial charge in [-0.2, -0.15) is 11.8 Å². The Morgan fingerprint density at radius 2 is 2.29 bits per heavy atom. The maximum Gasteiger partial charge on any atom is 0.259 e. The number of fused-ring (bicyclic) bond motifs is 3. The summed E-state index contributed by atoms with van der Waals surface area (Å²) in [6.07, 6.45) is 4.47. The van der Waals surface area contributed by atoms with Gasteiger partial charge < -0.3 is 16.0 Å². The number of rotatable bonds is 8. The number of H-pyrrole nitrogens is 1. The van der Waals surface area contributed by atoms with Gasteiger partial charge in [-0.1, -0.05) is 0 Å². The molecule has 3 rings (SSSR count).